The quantitative estimate of drug-likeness (QED) is 0.738. The molecule has 0 aliphatic rings. The minimum atomic E-state index is 0.462. The largest absolute Gasteiger partial charge is 0.495 e. The predicted molar refractivity (Wildman–Crippen MR) is 86.8 cm³/mol. The van der Waals surface area contributed by atoms with Gasteiger partial charge in [0.1, 0.15) is 5.75 Å². The van der Waals surface area contributed by atoms with Crippen molar-refractivity contribution >= 4 is 52.1 Å². The number of benzene rings is 2. The predicted octanol–water partition coefficient (Wildman–Crippen LogP) is 5.92. The van der Waals surface area contributed by atoms with Crippen LogP contribution in [0.25, 0.3) is 0 Å². The third kappa shape index (κ3) is 3.64. The first-order valence-electron chi connectivity index (χ1n) is 5.72. The summed E-state index contributed by atoms with van der Waals surface area (Å²) in [6.45, 7) is 0.462. The Labute approximate surface area is 137 Å². The van der Waals surface area contributed by atoms with E-state index < -0.39 is 0 Å². The molecule has 0 aromatic heterocycles. The molecular weight excluding hydrogens is 340 g/mol. The minimum Gasteiger partial charge on any atom is -0.495 e. The molecule has 0 saturated carbocycles. The molecule has 0 fully saturated rings. The van der Waals surface area contributed by atoms with Gasteiger partial charge in [-0.1, -0.05) is 46.4 Å². The van der Waals surface area contributed by atoms with E-state index in [1.54, 1.807) is 37.4 Å². The van der Waals surface area contributed by atoms with Crippen LogP contribution in [0.3, 0.4) is 0 Å². The van der Waals surface area contributed by atoms with Crippen molar-refractivity contribution in [2.45, 2.75) is 6.54 Å². The van der Waals surface area contributed by atoms with Crippen LogP contribution in [-0.4, -0.2) is 7.11 Å². The third-order valence-electron chi connectivity index (χ3n) is 2.69. The van der Waals surface area contributed by atoms with Crippen LogP contribution < -0.4 is 10.1 Å². The van der Waals surface area contributed by atoms with Gasteiger partial charge in [-0.3, -0.25) is 0 Å². The topological polar surface area (TPSA) is 21.3 Å². The Hall–Kier alpha value is -0.800. The molecular formula is C14H11Cl4NO. The van der Waals surface area contributed by atoms with E-state index in [9.17, 15) is 0 Å². The molecule has 0 aliphatic carbocycles. The molecule has 2 rings (SSSR count). The van der Waals surface area contributed by atoms with Crippen LogP contribution in [0.1, 0.15) is 5.56 Å². The third-order valence-corrected chi connectivity index (χ3v) is 3.75. The normalized spacial score (nSPS) is 10.4. The highest BCUT2D eigenvalue weighted by molar-refractivity contribution is 6.36. The average Bonchev–Trinajstić information content (AvgIpc) is 2.39. The van der Waals surface area contributed by atoms with Crippen LogP contribution >= 0.6 is 46.4 Å². The van der Waals surface area contributed by atoms with E-state index in [2.05, 4.69) is 5.32 Å². The lowest BCUT2D eigenvalue weighted by molar-refractivity contribution is 0.410. The molecule has 0 unspecified atom stereocenters. The van der Waals surface area contributed by atoms with Gasteiger partial charge in [0.25, 0.3) is 0 Å². The van der Waals surface area contributed by atoms with Gasteiger partial charge in [0.2, 0.25) is 0 Å². The number of hydrogen-bond donors (Lipinski definition) is 1. The van der Waals surface area contributed by atoms with Gasteiger partial charge in [0.15, 0.2) is 0 Å². The maximum atomic E-state index is 6.09. The van der Waals surface area contributed by atoms with Crippen molar-refractivity contribution in [2.75, 3.05) is 12.4 Å². The van der Waals surface area contributed by atoms with E-state index in [0.717, 1.165) is 11.3 Å². The van der Waals surface area contributed by atoms with Gasteiger partial charge in [0, 0.05) is 22.2 Å². The summed E-state index contributed by atoms with van der Waals surface area (Å²) in [5.41, 5.74) is 1.57. The highest BCUT2D eigenvalue weighted by Crippen LogP contribution is 2.33. The van der Waals surface area contributed by atoms with Crippen molar-refractivity contribution < 1.29 is 4.74 Å². The van der Waals surface area contributed by atoms with E-state index in [-0.39, 0.29) is 0 Å². The molecule has 2 nitrogen and oxygen atoms in total. The molecule has 0 spiro atoms. The molecule has 0 atom stereocenters. The van der Waals surface area contributed by atoms with E-state index in [1.807, 2.05) is 0 Å². The molecule has 0 bridgehead atoms. The maximum Gasteiger partial charge on any atom is 0.142 e. The fourth-order valence-corrected chi connectivity index (χ4v) is 2.77. The summed E-state index contributed by atoms with van der Waals surface area (Å²) >= 11 is 24.1. The highest BCUT2D eigenvalue weighted by Gasteiger charge is 2.10. The number of methoxy groups -OCH3 is 1. The molecule has 0 aliphatic heterocycles. The van der Waals surface area contributed by atoms with Crippen molar-refractivity contribution in [2.24, 2.45) is 0 Å². The number of rotatable bonds is 4. The van der Waals surface area contributed by atoms with Gasteiger partial charge in [-0.05, 0) is 30.3 Å². The molecule has 0 amide bonds. The second kappa shape index (κ2) is 6.77. The number of hydrogen-bond acceptors (Lipinski definition) is 2. The number of anilines is 1. The SMILES string of the molecule is COc1c(Cl)cc(Cl)cc1CNc1cc(Cl)ccc1Cl. The second-order valence-corrected chi connectivity index (χ2v) is 5.74. The van der Waals surface area contributed by atoms with Gasteiger partial charge in [-0.2, -0.15) is 0 Å². The summed E-state index contributed by atoms with van der Waals surface area (Å²) < 4.78 is 5.28. The van der Waals surface area contributed by atoms with E-state index in [1.165, 1.54) is 0 Å². The monoisotopic (exact) mass is 349 g/mol. The molecule has 0 radical (unpaired) electrons. The zero-order valence-corrected chi connectivity index (χ0v) is 13.5. The molecule has 1 N–H and O–H groups in total. The Morgan fingerprint density at radius 1 is 0.950 bits per heavy atom. The van der Waals surface area contributed by atoms with Crippen molar-refractivity contribution in [1.29, 1.82) is 0 Å². The van der Waals surface area contributed by atoms with E-state index in [4.69, 9.17) is 51.1 Å². The lowest BCUT2D eigenvalue weighted by atomic mass is 10.2. The Morgan fingerprint density at radius 3 is 2.40 bits per heavy atom. The van der Waals surface area contributed by atoms with Crippen molar-refractivity contribution in [3.63, 3.8) is 0 Å². The Kier molecular flexibility index (Phi) is 5.28. The Morgan fingerprint density at radius 2 is 1.70 bits per heavy atom. The molecule has 20 heavy (non-hydrogen) atoms. The fourth-order valence-electron chi connectivity index (χ4n) is 1.80. The van der Waals surface area contributed by atoms with Crippen molar-refractivity contribution in [3.05, 3.63) is 56.0 Å². The zero-order valence-electron chi connectivity index (χ0n) is 10.5. The first-order valence-corrected chi connectivity index (χ1v) is 7.23. The Bertz CT molecular complexity index is 631. The van der Waals surface area contributed by atoms with Gasteiger partial charge in [-0.15, -0.1) is 0 Å². The smallest absolute Gasteiger partial charge is 0.142 e. The van der Waals surface area contributed by atoms with Gasteiger partial charge in [0.05, 0.1) is 22.8 Å². The van der Waals surface area contributed by atoms with Crippen LogP contribution in [0.15, 0.2) is 30.3 Å². The average molecular weight is 351 g/mol. The standard InChI is InChI=1S/C14H11Cl4NO/c1-20-14-8(4-10(16)5-12(14)18)7-19-13-6-9(15)2-3-11(13)17/h2-6,19H,7H2,1H3. The summed E-state index contributed by atoms with van der Waals surface area (Å²) in [7, 11) is 1.56. The lowest BCUT2D eigenvalue weighted by Crippen LogP contribution is -2.02. The molecule has 6 heteroatoms. The first-order chi connectivity index (χ1) is 9.51. The molecule has 0 saturated heterocycles. The zero-order chi connectivity index (χ0) is 14.7. The summed E-state index contributed by atoms with van der Waals surface area (Å²) in [6, 6.07) is 8.64. The second-order valence-electron chi connectivity index (χ2n) is 4.06. The number of nitrogens with one attached hydrogen (secondary N) is 1. The number of ether oxygens (including phenoxy) is 1. The fraction of sp³-hybridized carbons (Fsp3) is 0.143. The van der Waals surface area contributed by atoms with E-state index in [0.29, 0.717) is 32.4 Å². The van der Waals surface area contributed by atoms with Gasteiger partial charge < -0.3 is 10.1 Å². The minimum absolute atomic E-state index is 0.462. The van der Waals surface area contributed by atoms with E-state index >= 15 is 0 Å². The summed E-state index contributed by atoms with van der Waals surface area (Å²) in [5.74, 6) is 0.585. The highest BCUT2D eigenvalue weighted by atomic mass is 35.5. The van der Waals surface area contributed by atoms with Crippen LogP contribution in [0.4, 0.5) is 5.69 Å². The summed E-state index contributed by atoms with van der Waals surface area (Å²) in [6.07, 6.45) is 0. The molecule has 2 aromatic carbocycles. The van der Waals surface area contributed by atoms with Crippen molar-refractivity contribution in [3.8, 4) is 5.75 Å². The molecule has 2 aromatic rings. The summed E-state index contributed by atoms with van der Waals surface area (Å²) in [4.78, 5) is 0. The van der Waals surface area contributed by atoms with Crippen molar-refractivity contribution in [1.82, 2.24) is 0 Å². The Balaban J connectivity index is 2.24. The van der Waals surface area contributed by atoms with Crippen LogP contribution in [-0.2, 0) is 6.54 Å². The summed E-state index contributed by atoms with van der Waals surface area (Å²) in [5, 5.41) is 5.39. The van der Waals surface area contributed by atoms with Crippen LogP contribution in [0, 0.1) is 0 Å². The van der Waals surface area contributed by atoms with Crippen LogP contribution in [0.5, 0.6) is 5.75 Å². The molecule has 0 heterocycles. The van der Waals surface area contributed by atoms with Gasteiger partial charge >= 0.3 is 0 Å². The lowest BCUT2D eigenvalue weighted by Gasteiger charge is -2.13. The maximum absolute atomic E-state index is 6.09. The first kappa shape index (κ1) is 15.6. The van der Waals surface area contributed by atoms with Crippen LogP contribution in [0.2, 0.25) is 20.1 Å². The van der Waals surface area contributed by atoms with Gasteiger partial charge in [-0.25, -0.2) is 0 Å². The number of halogens is 4. The molecule has 106 valence electrons.